The lowest BCUT2D eigenvalue weighted by molar-refractivity contribution is -0.385. The second-order valence-electron chi connectivity index (χ2n) is 3.31. The maximum atomic E-state index is 11.9. The van der Waals surface area contributed by atoms with Crippen LogP contribution >= 0.6 is 0 Å². The number of hydrogen-bond donors (Lipinski definition) is 0. The lowest BCUT2D eigenvalue weighted by atomic mass is 10.1. The highest BCUT2D eigenvalue weighted by Gasteiger charge is 2.37. The molecule has 92 valence electrons. The number of benzene rings is 1. The fraction of sp³-hybridized carbons (Fsp3) is 0.300. The zero-order valence-electron chi connectivity index (χ0n) is 8.53. The Hall–Kier alpha value is -1.92. The van der Waals surface area contributed by atoms with Gasteiger partial charge in [0.1, 0.15) is 0 Å². The molecule has 1 aromatic carbocycles. The van der Waals surface area contributed by atoms with Crippen molar-refractivity contribution in [1.29, 1.82) is 0 Å². The maximum Gasteiger partial charge on any atom is 0.449 e. The van der Waals surface area contributed by atoms with Gasteiger partial charge in [0.2, 0.25) is 5.78 Å². The van der Waals surface area contributed by atoms with Gasteiger partial charge < -0.3 is 0 Å². The maximum absolute atomic E-state index is 11.9. The Morgan fingerprint density at radius 2 is 1.88 bits per heavy atom. The van der Waals surface area contributed by atoms with E-state index >= 15 is 0 Å². The van der Waals surface area contributed by atoms with E-state index in [1.165, 1.54) is 24.3 Å². The number of alkyl halides is 3. The normalized spacial score (nSPS) is 11.2. The predicted octanol–water partition coefficient (Wildman–Crippen LogP) is 2.66. The number of nitrogens with zero attached hydrogens (tertiary/aromatic N) is 1. The number of carbonyl (C=O) groups excluding carboxylic acids is 1. The summed E-state index contributed by atoms with van der Waals surface area (Å²) in [5, 5.41) is 10.6. The van der Waals surface area contributed by atoms with E-state index in [1.54, 1.807) is 0 Å². The Morgan fingerprint density at radius 3 is 2.41 bits per heavy atom. The molecule has 4 nitrogen and oxygen atoms in total. The highest BCUT2D eigenvalue weighted by atomic mass is 19.4. The van der Waals surface area contributed by atoms with Crippen LogP contribution in [0.4, 0.5) is 18.9 Å². The predicted molar refractivity (Wildman–Crippen MR) is 52.5 cm³/mol. The number of Topliss-reactive ketones (excluding diaryl/α,β-unsaturated/α-hetero) is 1. The third kappa shape index (κ3) is 3.54. The topological polar surface area (TPSA) is 60.2 Å². The van der Waals surface area contributed by atoms with Gasteiger partial charge in [0.05, 0.1) is 4.92 Å². The highest BCUT2D eigenvalue weighted by Crippen LogP contribution is 2.23. The molecular formula is C10H8F3NO3. The molecule has 0 aliphatic heterocycles. The van der Waals surface area contributed by atoms with E-state index in [4.69, 9.17) is 0 Å². The van der Waals surface area contributed by atoms with Crippen molar-refractivity contribution < 1.29 is 22.9 Å². The lowest BCUT2D eigenvalue weighted by Gasteiger charge is -2.05. The second-order valence-corrected chi connectivity index (χ2v) is 3.31. The molecule has 0 radical (unpaired) electrons. The van der Waals surface area contributed by atoms with E-state index in [9.17, 15) is 28.1 Å². The van der Waals surface area contributed by atoms with Crippen LogP contribution in [0.25, 0.3) is 0 Å². The summed E-state index contributed by atoms with van der Waals surface area (Å²) in [5.41, 5.74) is -0.155. The van der Waals surface area contributed by atoms with Crippen molar-refractivity contribution in [3.63, 3.8) is 0 Å². The Morgan fingerprint density at radius 1 is 1.29 bits per heavy atom. The molecule has 0 saturated heterocycles. The Bertz CT molecular complexity index is 443. The van der Waals surface area contributed by atoms with Crippen LogP contribution in [0.2, 0.25) is 0 Å². The summed E-state index contributed by atoms with van der Waals surface area (Å²) < 4.78 is 35.8. The highest BCUT2D eigenvalue weighted by molar-refractivity contribution is 5.84. The number of nitro benzene ring substituents is 1. The van der Waals surface area contributed by atoms with Gasteiger partial charge in [-0.25, -0.2) is 0 Å². The first kappa shape index (κ1) is 13.1. The first-order chi connectivity index (χ1) is 7.82. The van der Waals surface area contributed by atoms with Crippen molar-refractivity contribution in [2.75, 3.05) is 0 Å². The molecule has 0 saturated carbocycles. The Labute approximate surface area is 94.2 Å². The zero-order valence-corrected chi connectivity index (χ0v) is 8.53. The van der Waals surface area contributed by atoms with Gasteiger partial charge in [-0.05, 0) is 6.42 Å². The molecule has 0 unspecified atom stereocenters. The van der Waals surface area contributed by atoms with Crippen molar-refractivity contribution in [3.05, 3.63) is 39.9 Å². The SMILES string of the molecule is O=C(CCc1ccccc1[N+](=O)[O-])C(F)(F)F. The van der Waals surface area contributed by atoms with Gasteiger partial charge in [0, 0.05) is 18.1 Å². The number of para-hydroxylation sites is 1. The molecule has 7 heteroatoms. The van der Waals surface area contributed by atoms with Gasteiger partial charge in [0.25, 0.3) is 5.69 Å². The minimum absolute atomic E-state index is 0.120. The molecule has 0 spiro atoms. The van der Waals surface area contributed by atoms with Gasteiger partial charge >= 0.3 is 6.18 Å². The van der Waals surface area contributed by atoms with Crippen LogP contribution in [-0.4, -0.2) is 16.9 Å². The van der Waals surface area contributed by atoms with Gasteiger partial charge in [-0.2, -0.15) is 13.2 Å². The summed E-state index contributed by atoms with van der Waals surface area (Å²) >= 11 is 0. The van der Waals surface area contributed by atoms with E-state index in [1.807, 2.05) is 0 Å². The summed E-state index contributed by atoms with van der Waals surface area (Å²) in [6.45, 7) is 0. The van der Waals surface area contributed by atoms with Crippen molar-refractivity contribution in [1.82, 2.24) is 0 Å². The summed E-state index contributed by atoms with van der Waals surface area (Å²) in [6, 6.07) is 5.41. The summed E-state index contributed by atoms with van der Waals surface area (Å²) in [4.78, 5) is 20.5. The van der Waals surface area contributed by atoms with Gasteiger partial charge in [-0.1, -0.05) is 18.2 Å². The van der Waals surface area contributed by atoms with E-state index < -0.39 is 23.3 Å². The number of aryl methyl sites for hydroxylation is 1. The summed E-state index contributed by atoms with van der Waals surface area (Å²) in [6.07, 6.45) is -5.96. The number of carbonyl (C=O) groups is 1. The van der Waals surface area contributed by atoms with Crippen LogP contribution in [0.15, 0.2) is 24.3 Å². The number of hydrogen-bond acceptors (Lipinski definition) is 3. The van der Waals surface area contributed by atoms with Crippen LogP contribution in [0.5, 0.6) is 0 Å². The Kier molecular flexibility index (Phi) is 3.82. The molecule has 0 heterocycles. The monoisotopic (exact) mass is 247 g/mol. The first-order valence-electron chi connectivity index (χ1n) is 4.64. The lowest BCUT2D eigenvalue weighted by Crippen LogP contribution is -2.22. The van der Waals surface area contributed by atoms with Crippen LogP contribution < -0.4 is 0 Å². The minimum Gasteiger partial charge on any atom is -0.290 e. The molecule has 17 heavy (non-hydrogen) atoms. The molecule has 0 N–H and O–H groups in total. The third-order valence-electron chi connectivity index (χ3n) is 2.13. The molecule has 1 rings (SSSR count). The molecule has 0 aliphatic carbocycles. The molecule has 0 aliphatic rings. The number of nitro groups is 1. The quantitative estimate of drug-likeness (QED) is 0.607. The third-order valence-corrected chi connectivity index (χ3v) is 2.13. The standard InChI is InChI=1S/C10H8F3NO3/c11-10(12,13)9(15)6-5-7-3-1-2-4-8(7)14(16)17/h1-4H,5-6H2. The van der Waals surface area contributed by atoms with Crippen LogP contribution in [0.3, 0.4) is 0 Å². The molecule has 1 aromatic rings. The first-order valence-corrected chi connectivity index (χ1v) is 4.64. The van der Waals surface area contributed by atoms with Gasteiger partial charge in [-0.3, -0.25) is 14.9 Å². The van der Waals surface area contributed by atoms with Gasteiger partial charge in [0.15, 0.2) is 0 Å². The second kappa shape index (κ2) is 4.94. The van der Waals surface area contributed by atoms with Gasteiger partial charge in [-0.15, -0.1) is 0 Å². The molecule has 0 fully saturated rings. The average molecular weight is 247 g/mol. The summed E-state index contributed by atoms with van der Waals surface area (Å²) in [5.74, 6) is -1.88. The van der Waals surface area contributed by atoms with E-state index in [0.717, 1.165) is 0 Å². The molecule has 0 atom stereocenters. The average Bonchev–Trinajstić information content (AvgIpc) is 2.24. The van der Waals surface area contributed by atoms with Crippen LogP contribution in [-0.2, 0) is 11.2 Å². The molecular weight excluding hydrogens is 239 g/mol. The smallest absolute Gasteiger partial charge is 0.290 e. The Balaban J connectivity index is 2.77. The fourth-order valence-corrected chi connectivity index (χ4v) is 1.29. The van der Waals surface area contributed by atoms with Crippen molar-refractivity contribution in [3.8, 4) is 0 Å². The number of halogens is 3. The fourth-order valence-electron chi connectivity index (χ4n) is 1.29. The minimum atomic E-state index is -4.89. The van der Waals surface area contributed by atoms with E-state index in [-0.39, 0.29) is 17.7 Å². The van der Waals surface area contributed by atoms with Crippen molar-refractivity contribution in [2.24, 2.45) is 0 Å². The largest absolute Gasteiger partial charge is 0.449 e. The van der Waals surface area contributed by atoms with Crippen LogP contribution in [0, 0.1) is 10.1 Å². The molecule has 0 amide bonds. The van der Waals surface area contributed by atoms with Crippen molar-refractivity contribution >= 4 is 11.5 Å². The zero-order chi connectivity index (χ0) is 13.1. The van der Waals surface area contributed by atoms with E-state index in [0.29, 0.717) is 0 Å². The number of rotatable bonds is 4. The van der Waals surface area contributed by atoms with E-state index in [2.05, 4.69) is 0 Å². The van der Waals surface area contributed by atoms with Crippen molar-refractivity contribution in [2.45, 2.75) is 19.0 Å². The van der Waals surface area contributed by atoms with Crippen LogP contribution in [0.1, 0.15) is 12.0 Å². The number of ketones is 1. The summed E-state index contributed by atoms with van der Waals surface area (Å²) in [7, 11) is 0. The molecule has 0 aromatic heterocycles. The molecule has 0 bridgehead atoms.